The fourth-order valence-corrected chi connectivity index (χ4v) is 13.0. The molecule has 0 spiro atoms. The van der Waals surface area contributed by atoms with Crippen molar-refractivity contribution in [1.29, 1.82) is 0 Å². The number of rotatable bonds is 14. The number of fused-ring (bicyclic) bond motifs is 9. The van der Waals surface area contributed by atoms with Crippen LogP contribution in [-0.4, -0.2) is 0 Å². The number of hydrogen-bond acceptors (Lipinski definition) is 6. The van der Waals surface area contributed by atoms with Gasteiger partial charge in [0.05, 0.1) is 11.4 Å². The van der Waals surface area contributed by atoms with Crippen LogP contribution < -0.4 is 19.6 Å². The first-order valence-electron chi connectivity index (χ1n) is 30.6. The fraction of sp³-hybridized carbons (Fsp3) is 0.0238. The minimum atomic E-state index is 0.759. The average Bonchev–Trinajstić information content (AvgIpc) is 1.50. The molecule has 6 nitrogen and oxygen atoms in total. The number of furan rings is 2. The molecule has 0 bridgehead atoms. The molecular weight excluding hydrogens is 1100 g/mol. The second-order valence-corrected chi connectivity index (χ2v) is 23.0. The van der Waals surface area contributed by atoms with Gasteiger partial charge in [-0.2, -0.15) is 0 Å². The van der Waals surface area contributed by atoms with Crippen molar-refractivity contribution in [3.05, 3.63) is 339 Å². The van der Waals surface area contributed by atoms with E-state index in [-0.39, 0.29) is 0 Å². The van der Waals surface area contributed by atoms with Gasteiger partial charge in [0.15, 0.2) is 11.2 Å². The largest absolute Gasteiger partial charge is 0.454 e. The van der Waals surface area contributed by atoms with Crippen molar-refractivity contribution in [2.75, 3.05) is 19.6 Å². The van der Waals surface area contributed by atoms with Crippen LogP contribution in [0, 0.1) is 13.8 Å². The quantitative estimate of drug-likeness (QED) is 0.108. The van der Waals surface area contributed by atoms with Gasteiger partial charge < -0.3 is 28.4 Å². The Bertz CT molecular complexity index is 4880. The Morgan fingerprint density at radius 3 is 0.800 bits per heavy atom. The van der Waals surface area contributed by atoms with E-state index in [0.717, 1.165) is 134 Å². The Kier molecular flexibility index (Phi) is 13.6. The summed E-state index contributed by atoms with van der Waals surface area (Å²) in [6.45, 7) is 4.27. The predicted molar refractivity (Wildman–Crippen MR) is 378 cm³/mol. The maximum absolute atomic E-state index is 7.59. The van der Waals surface area contributed by atoms with E-state index in [1.165, 1.54) is 22.3 Å². The van der Waals surface area contributed by atoms with Gasteiger partial charge in [-0.25, -0.2) is 0 Å². The zero-order valence-corrected chi connectivity index (χ0v) is 49.8. The molecule has 0 aliphatic carbocycles. The van der Waals surface area contributed by atoms with E-state index in [1.54, 1.807) is 0 Å². The van der Waals surface area contributed by atoms with Gasteiger partial charge in [0.1, 0.15) is 11.2 Å². The molecule has 0 saturated heterocycles. The standard InChI is InChI=1S/C84H60N4O2/c1-57-33-41-69(42-34-57)87(65-29-17-7-18-30-65)77-55-75-76(81-73-51-49-71(53-79(73)89-83(77)81)85(63-25-13-5-14-26-63)67-45-37-61(38-46-67)59-21-9-3-10-22-59)56-78(88(66-31-19-8-20-32-66)70-43-35-58(2)36-44-70)84-82(75)74-52-50-72(54-80(74)90-84)86(64-27-15-6-16-28-64)68-47-39-62(40-48-68)60-23-11-4-12-24-60/h3-56H,1-2H3. The molecule has 6 heteroatoms. The summed E-state index contributed by atoms with van der Waals surface area (Å²) < 4.78 is 15.2. The SMILES string of the molecule is Cc1ccc(N(c2ccccc2)c2cc3c(cc(N(c4ccccc4)c4ccc(C)cc4)c4oc5cc(N(c6ccccc6)c6ccc(-c7ccccc7)cc6)ccc5c43)c3c2oc2cc(N(c4ccccc4)c4ccc(-c5ccccc5)cc4)ccc23)cc1. The van der Waals surface area contributed by atoms with Gasteiger partial charge in [0, 0.05) is 90.6 Å². The van der Waals surface area contributed by atoms with Crippen molar-refractivity contribution >= 4 is 123 Å². The summed E-state index contributed by atoms with van der Waals surface area (Å²) in [5, 5.41) is 6.03. The third-order valence-electron chi connectivity index (χ3n) is 17.3. The average molecular weight is 1160 g/mol. The van der Waals surface area contributed by atoms with Crippen molar-refractivity contribution in [2.45, 2.75) is 13.8 Å². The van der Waals surface area contributed by atoms with Crippen molar-refractivity contribution in [3.8, 4) is 22.3 Å². The zero-order chi connectivity index (χ0) is 60.1. The van der Waals surface area contributed by atoms with Crippen molar-refractivity contribution < 1.29 is 8.83 Å². The van der Waals surface area contributed by atoms with E-state index in [9.17, 15) is 0 Å². The summed E-state index contributed by atoms with van der Waals surface area (Å²) in [7, 11) is 0. The van der Waals surface area contributed by atoms with E-state index in [4.69, 9.17) is 8.83 Å². The maximum atomic E-state index is 7.59. The maximum Gasteiger partial charge on any atom is 0.160 e. The topological polar surface area (TPSA) is 39.2 Å². The Hall–Kier alpha value is -11.9. The molecule has 428 valence electrons. The van der Waals surface area contributed by atoms with Gasteiger partial charge in [-0.05, 0) is 180 Å². The van der Waals surface area contributed by atoms with Crippen LogP contribution in [0.25, 0.3) is 76.9 Å². The molecule has 0 N–H and O–H groups in total. The van der Waals surface area contributed by atoms with E-state index in [2.05, 4.69) is 361 Å². The Labute approximate surface area is 523 Å². The molecule has 16 rings (SSSR count). The Morgan fingerprint density at radius 2 is 0.467 bits per heavy atom. The second kappa shape index (κ2) is 22.8. The van der Waals surface area contributed by atoms with Crippen LogP contribution in [0.1, 0.15) is 11.1 Å². The number of nitrogens with zero attached hydrogens (tertiary/aromatic N) is 4. The minimum absolute atomic E-state index is 0.759. The molecule has 2 heterocycles. The highest BCUT2D eigenvalue weighted by Gasteiger charge is 2.29. The van der Waals surface area contributed by atoms with E-state index in [1.807, 2.05) is 0 Å². The number of anilines is 12. The van der Waals surface area contributed by atoms with Crippen molar-refractivity contribution in [3.63, 3.8) is 0 Å². The van der Waals surface area contributed by atoms with Crippen LogP contribution in [0.3, 0.4) is 0 Å². The number of benzene rings is 14. The molecule has 0 saturated carbocycles. The van der Waals surface area contributed by atoms with Crippen LogP contribution in [0.5, 0.6) is 0 Å². The molecule has 0 atom stereocenters. The lowest BCUT2D eigenvalue weighted by Crippen LogP contribution is -2.11. The lowest BCUT2D eigenvalue weighted by atomic mass is 9.96. The van der Waals surface area contributed by atoms with Gasteiger partial charge in [0.2, 0.25) is 0 Å². The van der Waals surface area contributed by atoms with Crippen molar-refractivity contribution in [1.82, 2.24) is 0 Å². The van der Waals surface area contributed by atoms with E-state index in [0.29, 0.717) is 0 Å². The molecule has 2 aromatic heterocycles. The van der Waals surface area contributed by atoms with Gasteiger partial charge in [0.25, 0.3) is 0 Å². The van der Waals surface area contributed by atoms with Crippen LogP contribution in [-0.2, 0) is 0 Å². The minimum Gasteiger partial charge on any atom is -0.454 e. The van der Waals surface area contributed by atoms with Gasteiger partial charge in [-0.3, -0.25) is 0 Å². The van der Waals surface area contributed by atoms with E-state index < -0.39 is 0 Å². The molecule has 0 amide bonds. The number of aryl methyl sites for hydroxylation is 2. The second-order valence-electron chi connectivity index (χ2n) is 23.0. The summed E-state index contributed by atoms with van der Waals surface area (Å²) in [5.41, 5.74) is 21.9. The molecular formula is C84H60N4O2. The van der Waals surface area contributed by atoms with Crippen molar-refractivity contribution in [2.24, 2.45) is 0 Å². The summed E-state index contributed by atoms with van der Waals surface area (Å²) in [6, 6.07) is 117. The molecule has 14 aromatic carbocycles. The first-order valence-corrected chi connectivity index (χ1v) is 30.6. The molecule has 0 aliphatic rings. The highest BCUT2D eigenvalue weighted by molar-refractivity contribution is 6.32. The Morgan fingerprint density at radius 1 is 0.211 bits per heavy atom. The monoisotopic (exact) mass is 1160 g/mol. The molecule has 16 aromatic rings. The first kappa shape index (κ1) is 53.6. The van der Waals surface area contributed by atoms with Gasteiger partial charge >= 0.3 is 0 Å². The third kappa shape index (κ3) is 9.74. The smallest absolute Gasteiger partial charge is 0.160 e. The summed E-state index contributed by atoms with van der Waals surface area (Å²) >= 11 is 0. The highest BCUT2D eigenvalue weighted by Crippen LogP contribution is 2.53. The molecule has 0 radical (unpaired) electrons. The summed E-state index contributed by atoms with van der Waals surface area (Å²) in [6.07, 6.45) is 0. The normalized spacial score (nSPS) is 11.4. The van der Waals surface area contributed by atoms with Crippen LogP contribution in [0.15, 0.2) is 336 Å². The number of para-hydroxylation sites is 4. The third-order valence-corrected chi connectivity index (χ3v) is 17.3. The zero-order valence-electron chi connectivity index (χ0n) is 49.8. The Balaban J connectivity index is 0.986. The lowest BCUT2D eigenvalue weighted by molar-refractivity contribution is 0.668. The summed E-state index contributed by atoms with van der Waals surface area (Å²) in [5.74, 6) is 0. The van der Waals surface area contributed by atoms with Crippen LogP contribution in [0.2, 0.25) is 0 Å². The molecule has 0 unspecified atom stereocenters. The molecule has 0 aliphatic heterocycles. The van der Waals surface area contributed by atoms with E-state index >= 15 is 0 Å². The predicted octanol–water partition coefficient (Wildman–Crippen LogP) is 24.5. The first-order chi connectivity index (χ1) is 44.5. The number of hydrogen-bond donors (Lipinski definition) is 0. The molecule has 0 fully saturated rings. The lowest BCUT2D eigenvalue weighted by Gasteiger charge is -2.28. The van der Waals surface area contributed by atoms with Crippen LogP contribution >= 0.6 is 0 Å². The van der Waals surface area contributed by atoms with Gasteiger partial charge in [-0.1, -0.05) is 193 Å². The van der Waals surface area contributed by atoms with Gasteiger partial charge in [-0.15, -0.1) is 0 Å². The molecule has 90 heavy (non-hydrogen) atoms. The van der Waals surface area contributed by atoms with Crippen LogP contribution in [0.4, 0.5) is 68.2 Å². The highest BCUT2D eigenvalue weighted by atomic mass is 16.3. The summed E-state index contributed by atoms with van der Waals surface area (Å²) in [4.78, 5) is 9.32. The fourth-order valence-electron chi connectivity index (χ4n) is 13.0.